The second-order valence-electron chi connectivity index (χ2n) is 14.0. The summed E-state index contributed by atoms with van der Waals surface area (Å²) in [4.78, 5) is 10.6. The van der Waals surface area contributed by atoms with Gasteiger partial charge in [-0.15, -0.1) is 0 Å². The van der Waals surface area contributed by atoms with Crippen LogP contribution in [0.5, 0.6) is 0 Å². The molecule has 2 aromatic heterocycles. The number of nitrogens with zero attached hydrogens (tertiary/aromatic N) is 4. The Balaban J connectivity index is 0.000000157. The van der Waals surface area contributed by atoms with Gasteiger partial charge >= 0.3 is 7.05 Å². The maximum atomic E-state index is 9.86. The van der Waals surface area contributed by atoms with Gasteiger partial charge in [-0.3, -0.25) is 0 Å². The number of hydrogen-bond acceptors (Lipinski definition) is 5. The number of anilines is 2. The average molecular weight is 667 g/mol. The first-order chi connectivity index (χ1) is 24.5. The summed E-state index contributed by atoms with van der Waals surface area (Å²) in [6.45, 7) is 7.87. The monoisotopic (exact) mass is 666 g/mol. The van der Waals surface area contributed by atoms with Crippen molar-refractivity contribution >= 4 is 40.2 Å². The third-order valence-corrected chi connectivity index (χ3v) is 10.7. The zero-order valence-corrected chi connectivity index (χ0v) is 29.6. The molecule has 2 aliphatic heterocycles. The first-order valence-corrected chi connectivity index (χ1v) is 18.4. The van der Waals surface area contributed by atoms with E-state index in [0.717, 1.165) is 52.1 Å². The Labute approximate surface area is 297 Å². The molecule has 6 aromatic rings. The third kappa shape index (κ3) is 8.10. The van der Waals surface area contributed by atoms with E-state index in [1.54, 1.807) is 0 Å². The van der Waals surface area contributed by atoms with Crippen molar-refractivity contribution in [2.75, 3.05) is 36.0 Å². The van der Waals surface area contributed by atoms with Gasteiger partial charge < -0.3 is 34.5 Å². The normalized spacial score (nSPS) is 15.9. The maximum Gasteiger partial charge on any atom is 0.376 e. The zero-order valence-electron chi connectivity index (χ0n) is 29.6. The number of aryl methyl sites for hydroxylation is 1. The highest BCUT2D eigenvalue weighted by Crippen LogP contribution is 2.30. The van der Waals surface area contributed by atoms with Crippen LogP contribution in [-0.4, -0.2) is 64.7 Å². The minimum atomic E-state index is -0.352. The van der Waals surface area contributed by atoms with Crippen LogP contribution in [0.1, 0.15) is 36.8 Å². The Bertz CT molecular complexity index is 1930. The lowest BCUT2D eigenvalue weighted by molar-refractivity contribution is 0.281. The molecule has 0 unspecified atom stereocenters. The summed E-state index contributed by atoms with van der Waals surface area (Å²) in [6, 6.07) is 40.5. The summed E-state index contributed by atoms with van der Waals surface area (Å²) in [7, 11) is 1.76. The molecule has 0 saturated carbocycles. The molecular formula is C42H51BN6O. The smallest absolute Gasteiger partial charge is 0.376 e. The molecule has 8 rings (SSSR count). The van der Waals surface area contributed by atoms with E-state index in [0.29, 0.717) is 12.1 Å². The van der Waals surface area contributed by atoms with Gasteiger partial charge in [0, 0.05) is 77.8 Å². The molecular weight excluding hydrogens is 615 g/mol. The SMILES string of the molecule is CB(O)N1CCC(N(Cc2ccccc2)c2ccc3[nH]ccc3c2)CC1.Cn1ccc2cc(N(Cc3ccccc3)C3CCNCC3)ccc21. The van der Waals surface area contributed by atoms with Gasteiger partial charge in [0.2, 0.25) is 0 Å². The van der Waals surface area contributed by atoms with E-state index in [9.17, 15) is 5.02 Å². The van der Waals surface area contributed by atoms with E-state index in [4.69, 9.17) is 0 Å². The Morgan fingerprint density at radius 2 is 1.28 bits per heavy atom. The standard InChI is InChI=1S/C21H26BN3O.C21H25N3/c1-22(26)24-13-10-19(11-14-24)25(16-17-5-3-2-4-6-17)20-7-8-21-18(15-20)9-12-23-21;1-23-14-11-18-15-20(7-8-21(18)23)24(19-9-12-22-13-10-19)16-17-5-3-2-4-6-17/h2-9,12,15,19,23,26H,10-11,13-14,16H2,1H3;2-8,11,14-15,19,22H,9-10,12-13,16H2,1H3. The van der Waals surface area contributed by atoms with Crippen LogP contribution in [0.3, 0.4) is 0 Å². The van der Waals surface area contributed by atoms with Crippen LogP contribution in [0.25, 0.3) is 21.8 Å². The molecule has 3 N–H and O–H groups in total. The lowest BCUT2D eigenvalue weighted by atomic mass is 9.82. The molecule has 7 nitrogen and oxygen atoms in total. The fourth-order valence-electron chi connectivity index (χ4n) is 7.78. The second-order valence-corrected chi connectivity index (χ2v) is 14.0. The summed E-state index contributed by atoms with van der Waals surface area (Å²) < 4.78 is 2.19. The molecule has 2 saturated heterocycles. The van der Waals surface area contributed by atoms with E-state index in [1.807, 2.05) is 13.0 Å². The van der Waals surface area contributed by atoms with Crippen molar-refractivity contribution in [3.63, 3.8) is 0 Å². The Hall–Kier alpha value is -4.50. The van der Waals surface area contributed by atoms with Gasteiger partial charge in [0.15, 0.2) is 0 Å². The number of aromatic nitrogens is 2. The number of rotatable bonds is 9. The molecule has 0 radical (unpaired) electrons. The number of nitrogens with one attached hydrogen (secondary N) is 2. The van der Waals surface area contributed by atoms with Crippen LogP contribution in [0.4, 0.5) is 11.4 Å². The summed E-state index contributed by atoms with van der Waals surface area (Å²) in [5, 5.41) is 15.9. The molecule has 50 heavy (non-hydrogen) atoms. The van der Waals surface area contributed by atoms with Gasteiger partial charge in [0.1, 0.15) is 0 Å². The van der Waals surface area contributed by atoms with Crippen LogP contribution < -0.4 is 15.1 Å². The van der Waals surface area contributed by atoms with Crippen LogP contribution in [0.2, 0.25) is 6.82 Å². The average Bonchev–Trinajstić information content (AvgIpc) is 3.80. The molecule has 0 bridgehead atoms. The first kappa shape index (κ1) is 34.0. The fourth-order valence-corrected chi connectivity index (χ4v) is 7.78. The van der Waals surface area contributed by atoms with E-state index in [1.165, 1.54) is 57.1 Å². The van der Waals surface area contributed by atoms with E-state index >= 15 is 0 Å². The summed E-state index contributed by atoms with van der Waals surface area (Å²) in [5.41, 5.74) is 7.80. The van der Waals surface area contributed by atoms with Crippen molar-refractivity contribution in [2.45, 2.75) is 57.7 Å². The molecule has 0 amide bonds. The third-order valence-electron chi connectivity index (χ3n) is 10.7. The number of aromatic amines is 1. The van der Waals surface area contributed by atoms with Gasteiger partial charge in [-0.25, -0.2) is 0 Å². The zero-order chi connectivity index (χ0) is 34.3. The van der Waals surface area contributed by atoms with Crippen molar-refractivity contribution in [2.24, 2.45) is 7.05 Å². The van der Waals surface area contributed by atoms with E-state index in [2.05, 4.69) is 152 Å². The lowest BCUT2D eigenvalue weighted by Crippen LogP contribution is -2.49. The van der Waals surface area contributed by atoms with Crippen molar-refractivity contribution in [3.8, 4) is 0 Å². The predicted molar refractivity (Wildman–Crippen MR) is 211 cm³/mol. The minimum absolute atomic E-state index is 0.352. The number of fused-ring (bicyclic) bond motifs is 2. The molecule has 4 aromatic carbocycles. The summed E-state index contributed by atoms with van der Waals surface area (Å²) in [6.07, 6.45) is 8.70. The highest BCUT2D eigenvalue weighted by atomic mass is 16.2. The van der Waals surface area contributed by atoms with Crippen molar-refractivity contribution < 1.29 is 5.02 Å². The van der Waals surface area contributed by atoms with Crippen molar-refractivity contribution in [1.29, 1.82) is 0 Å². The number of H-pyrrole nitrogens is 1. The van der Waals surface area contributed by atoms with E-state index < -0.39 is 0 Å². The van der Waals surface area contributed by atoms with Gasteiger partial charge in [0.05, 0.1) is 0 Å². The topological polar surface area (TPSA) is 62.7 Å². The van der Waals surface area contributed by atoms with Crippen molar-refractivity contribution in [1.82, 2.24) is 19.7 Å². The minimum Gasteiger partial charge on any atom is -0.437 e. The van der Waals surface area contributed by atoms with Crippen LogP contribution in [0.15, 0.2) is 122 Å². The molecule has 0 atom stereocenters. The fraction of sp³-hybridized carbons (Fsp3) is 0.333. The van der Waals surface area contributed by atoms with E-state index in [-0.39, 0.29) is 7.05 Å². The Morgan fingerprint density at radius 1 is 0.700 bits per heavy atom. The number of benzene rings is 4. The molecule has 0 aliphatic carbocycles. The van der Waals surface area contributed by atoms with Gasteiger partial charge in [-0.1, -0.05) is 60.7 Å². The van der Waals surface area contributed by atoms with Gasteiger partial charge in [-0.05, 0) is 118 Å². The molecule has 4 heterocycles. The largest absolute Gasteiger partial charge is 0.437 e. The summed E-state index contributed by atoms with van der Waals surface area (Å²) >= 11 is 0. The predicted octanol–water partition coefficient (Wildman–Crippen LogP) is 7.69. The molecule has 0 spiro atoms. The number of hydrogen-bond donors (Lipinski definition) is 3. The highest BCUT2D eigenvalue weighted by Gasteiger charge is 2.28. The van der Waals surface area contributed by atoms with Crippen molar-refractivity contribution in [3.05, 3.63) is 133 Å². The van der Waals surface area contributed by atoms with Crippen LogP contribution in [0, 0.1) is 0 Å². The quantitative estimate of drug-likeness (QED) is 0.138. The molecule has 258 valence electrons. The maximum absolute atomic E-state index is 9.86. The molecule has 8 heteroatoms. The highest BCUT2D eigenvalue weighted by molar-refractivity contribution is 6.45. The Morgan fingerprint density at radius 3 is 1.90 bits per heavy atom. The van der Waals surface area contributed by atoms with Gasteiger partial charge in [-0.2, -0.15) is 0 Å². The molecule has 2 aliphatic rings. The van der Waals surface area contributed by atoms with Crippen LogP contribution >= 0.6 is 0 Å². The molecule has 2 fully saturated rings. The van der Waals surface area contributed by atoms with Crippen LogP contribution in [-0.2, 0) is 20.1 Å². The number of piperidine rings is 2. The lowest BCUT2D eigenvalue weighted by Gasteiger charge is -2.40. The summed E-state index contributed by atoms with van der Waals surface area (Å²) in [5.74, 6) is 0. The second kappa shape index (κ2) is 16.0. The Kier molecular flexibility index (Phi) is 10.9. The first-order valence-electron chi connectivity index (χ1n) is 18.4. The van der Waals surface area contributed by atoms with Gasteiger partial charge in [0.25, 0.3) is 0 Å².